The van der Waals surface area contributed by atoms with Crippen LogP contribution >= 0.6 is 0 Å². The third-order valence-electron chi connectivity index (χ3n) is 3.81. The maximum atomic E-state index is 11.6. The summed E-state index contributed by atoms with van der Waals surface area (Å²) in [5.74, 6) is 0.279. The van der Waals surface area contributed by atoms with E-state index in [2.05, 4.69) is 6.92 Å². The van der Waals surface area contributed by atoms with Gasteiger partial charge in [0.25, 0.3) is 0 Å². The van der Waals surface area contributed by atoms with Gasteiger partial charge in [-0.3, -0.25) is 4.79 Å². The molecule has 15 heavy (non-hydrogen) atoms. The standard InChI is InChI=1S/C11H19NO3/c1-7-5-8-3-4-9(11(13)15-2)10(6-7)12(8)14/h7-10,14H,3-6H2,1-2H3. The third-order valence-corrected chi connectivity index (χ3v) is 3.81. The van der Waals surface area contributed by atoms with Crippen molar-refractivity contribution >= 4 is 5.97 Å². The normalized spacial score (nSPS) is 41.3. The SMILES string of the molecule is COC(=O)C1CCC2CC(C)CC1N2O. The van der Waals surface area contributed by atoms with Crippen LogP contribution in [0.15, 0.2) is 0 Å². The van der Waals surface area contributed by atoms with E-state index in [1.807, 2.05) is 0 Å². The first-order chi connectivity index (χ1) is 7.13. The topological polar surface area (TPSA) is 49.8 Å². The summed E-state index contributed by atoms with van der Waals surface area (Å²) in [5.41, 5.74) is 0. The van der Waals surface area contributed by atoms with Crippen molar-refractivity contribution < 1.29 is 14.7 Å². The highest BCUT2D eigenvalue weighted by Gasteiger charge is 2.44. The Bertz CT molecular complexity index is 256. The molecule has 0 radical (unpaired) electrons. The first kappa shape index (κ1) is 10.9. The Hall–Kier alpha value is -0.610. The van der Waals surface area contributed by atoms with Crippen molar-refractivity contribution in [1.29, 1.82) is 0 Å². The summed E-state index contributed by atoms with van der Waals surface area (Å²) < 4.78 is 4.79. The zero-order valence-corrected chi connectivity index (χ0v) is 9.35. The van der Waals surface area contributed by atoms with Gasteiger partial charge in [-0.05, 0) is 31.6 Å². The Morgan fingerprint density at radius 3 is 2.80 bits per heavy atom. The van der Waals surface area contributed by atoms with Crippen molar-refractivity contribution in [3.05, 3.63) is 0 Å². The second-order valence-electron chi connectivity index (χ2n) is 4.88. The number of fused-ring (bicyclic) bond motifs is 2. The zero-order chi connectivity index (χ0) is 11.0. The van der Waals surface area contributed by atoms with Crippen molar-refractivity contribution in [3.63, 3.8) is 0 Å². The summed E-state index contributed by atoms with van der Waals surface area (Å²) in [6, 6.07) is 0.222. The molecule has 4 heteroatoms. The fourth-order valence-corrected chi connectivity index (χ4v) is 3.05. The summed E-state index contributed by atoms with van der Waals surface area (Å²) in [5, 5.41) is 11.4. The number of ether oxygens (including phenoxy) is 1. The average Bonchev–Trinajstić information content (AvgIpc) is 2.20. The molecule has 2 heterocycles. The van der Waals surface area contributed by atoms with E-state index in [0.29, 0.717) is 5.92 Å². The Labute approximate surface area is 90.2 Å². The van der Waals surface area contributed by atoms with Gasteiger partial charge < -0.3 is 9.94 Å². The fraction of sp³-hybridized carbons (Fsp3) is 0.909. The van der Waals surface area contributed by atoms with Crippen LogP contribution in [0.1, 0.15) is 32.6 Å². The Balaban J connectivity index is 2.13. The van der Waals surface area contributed by atoms with E-state index in [0.717, 1.165) is 25.7 Å². The lowest BCUT2D eigenvalue weighted by Gasteiger charge is -2.47. The molecule has 1 N–H and O–H groups in total. The van der Waals surface area contributed by atoms with Crippen LogP contribution in [0.2, 0.25) is 0 Å². The minimum Gasteiger partial charge on any atom is -0.469 e. The van der Waals surface area contributed by atoms with E-state index in [1.54, 1.807) is 0 Å². The Kier molecular flexibility index (Phi) is 2.98. The van der Waals surface area contributed by atoms with E-state index in [9.17, 15) is 10.0 Å². The summed E-state index contributed by atoms with van der Waals surface area (Å²) in [6.07, 6.45) is 3.69. The molecule has 2 aliphatic rings. The van der Waals surface area contributed by atoms with Gasteiger partial charge in [0.1, 0.15) is 0 Å². The number of nitrogens with zero attached hydrogens (tertiary/aromatic N) is 1. The van der Waals surface area contributed by atoms with Crippen LogP contribution in [0.4, 0.5) is 0 Å². The molecule has 0 spiro atoms. The van der Waals surface area contributed by atoms with E-state index in [4.69, 9.17) is 4.74 Å². The number of methoxy groups -OCH3 is 1. The highest BCUT2D eigenvalue weighted by Crippen LogP contribution is 2.38. The number of carbonyl (C=O) groups is 1. The van der Waals surface area contributed by atoms with Crippen LogP contribution in [0, 0.1) is 11.8 Å². The van der Waals surface area contributed by atoms with Gasteiger partial charge in [-0.2, -0.15) is 5.06 Å². The fourth-order valence-electron chi connectivity index (χ4n) is 3.05. The molecule has 0 amide bonds. The minimum absolute atomic E-state index is 0.0278. The van der Waals surface area contributed by atoms with Crippen molar-refractivity contribution in [2.45, 2.75) is 44.7 Å². The molecule has 0 aliphatic carbocycles. The number of hydroxylamine groups is 2. The van der Waals surface area contributed by atoms with Gasteiger partial charge in [0, 0.05) is 12.1 Å². The van der Waals surface area contributed by atoms with E-state index >= 15 is 0 Å². The molecule has 0 saturated carbocycles. The molecular weight excluding hydrogens is 194 g/mol. The summed E-state index contributed by atoms with van der Waals surface area (Å²) in [4.78, 5) is 11.6. The molecule has 2 fully saturated rings. The van der Waals surface area contributed by atoms with Crippen LogP contribution in [-0.4, -0.2) is 35.4 Å². The largest absolute Gasteiger partial charge is 0.469 e. The Morgan fingerprint density at radius 1 is 1.40 bits per heavy atom. The average molecular weight is 213 g/mol. The summed E-state index contributed by atoms with van der Waals surface area (Å²) in [6.45, 7) is 2.19. The van der Waals surface area contributed by atoms with Gasteiger partial charge in [-0.15, -0.1) is 0 Å². The lowest BCUT2D eigenvalue weighted by Crippen LogP contribution is -2.55. The van der Waals surface area contributed by atoms with Crippen LogP contribution in [0.25, 0.3) is 0 Å². The number of esters is 1. The first-order valence-corrected chi connectivity index (χ1v) is 5.68. The molecule has 86 valence electrons. The Morgan fingerprint density at radius 2 is 2.13 bits per heavy atom. The van der Waals surface area contributed by atoms with E-state index < -0.39 is 0 Å². The lowest BCUT2D eigenvalue weighted by molar-refractivity contribution is -0.221. The van der Waals surface area contributed by atoms with E-state index in [1.165, 1.54) is 12.2 Å². The minimum atomic E-state index is -0.174. The van der Waals surface area contributed by atoms with Crippen LogP contribution < -0.4 is 0 Å². The molecule has 2 saturated heterocycles. The maximum Gasteiger partial charge on any atom is 0.310 e. The molecule has 2 rings (SSSR count). The maximum absolute atomic E-state index is 11.6. The van der Waals surface area contributed by atoms with Gasteiger partial charge in [0.05, 0.1) is 13.0 Å². The first-order valence-electron chi connectivity index (χ1n) is 5.68. The van der Waals surface area contributed by atoms with Crippen molar-refractivity contribution in [2.24, 2.45) is 11.8 Å². The molecule has 4 unspecified atom stereocenters. The van der Waals surface area contributed by atoms with Gasteiger partial charge in [0.15, 0.2) is 0 Å². The molecule has 0 aromatic rings. The molecule has 2 bridgehead atoms. The number of piperidine rings is 2. The quantitative estimate of drug-likeness (QED) is 0.669. The van der Waals surface area contributed by atoms with Gasteiger partial charge in [-0.25, -0.2) is 0 Å². The van der Waals surface area contributed by atoms with Crippen molar-refractivity contribution in [3.8, 4) is 0 Å². The zero-order valence-electron chi connectivity index (χ0n) is 9.35. The predicted molar refractivity (Wildman–Crippen MR) is 54.3 cm³/mol. The molecule has 2 aliphatic heterocycles. The number of hydrogen-bond donors (Lipinski definition) is 1. The highest BCUT2D eigenvalue weighted by atomic mass is 16.5. The summed E-state index contributed by atoms with van der Waals surface area (Å²) >= 11 is 0. The molecule has 0 aromatic carbocycles. The number of hydrogen-bond acceptors (Lipinski definition) is 4. The smallest absolute Gasteiger partial charge is 0.310 e. The monoisotopic (exact) mass is 213 g/mol. The number of carbonyl (C=O) groups excluding carboxylic acids is 1. The molecular formula is C11H19NO3. The van der Waals surface area contributed by atoms with Crippen LogP contribution in [-0.2, 0) is 9.53 Å². The van der Waals surface area contributed by atoms with Crippen molar-refractivity contribution in [1.82, 2.24) is 5.06 Å². The van der Waals surface area contributed by atoms with Crippen LogP contribution in [0.5, 0.6) is 0 Å². The predicted octanol–water partition coefficient (Wildman–Crippen LogP) is 1.43. The van der Waals surface area contributed by atoms with Gasteiger partial charge in [-0.1, -0.05) is 6.92 Å². The second kappa shape index (κ2) is 4.10. The molecule has 0 aromatic heterocycles. The molecule has 4 nitrogen and oxygen atoms in total. The van der Waals surface area contributed by atoms with E-state index in [-0.39, 0.29) is 24.0 Å². The highest BCUT2D eigenvalue weighted by molar-refractivity contribution is 5.73. The van der Waals surface area contributed by atoms with Gasteiger partial charge >= 0.3 is 5.97 Å². The van der Waals surface area contributed by atoms with Crippen molar-refractivity contribution in [2.75, 3.05) is 7.11 Å². The summed E-state index contributed by atoms with van der Waals surface area (Å²) in [7, 11) is 1.42. The van der Waals surface area contributed by atoms with Crippen LogP contribution in [0.3, 0.4) is 0 Å². The molecule has 4 atom stereocenters. The second-order valence-corrected chi connectivity index (χ2v) is 4.88. The number of rotatable bonds is 1. The lowest BCUT2D eigenvalue weighted by atomic mass is 9.75. The van der Waals surface area contributed by atoms with Gasteiger partial charge in [0.2, 0.25) is 0 Å². The third kappa shape index (κ3) is 1.88.